The van der Waals surface area contributed by atoms with E-state index in [0.717, 1.165) is 28.8 Å². The molecule has 0 unspecified atom stereocenters. The van der Waals surface area contributed by atoms with Crippen LogP contribution in [0, 0.1) is 6.92 Å². The lowest BCUT2D eigenvalue weighted by atomic mass is 10.1. The molecule has 5 rings (SSSR count). The van der Waals surface area contributed by atoms with Gasteiger partial charge < -0.3 is 18.8 Å². The molecule has 0 spiro atoms. The van der Waals surface area contributed by atoms with E-state index in [4.69, 9.17) is 25.8 Å². The average molecular weight is 488 g/mol. The van der Waals surface area contributed by atoms with Crippen molar-refractivity contribution < 1.29 is 23.8 Å². The molecule has 7 heteroatoms. The number of ether oxygens (including phenoxy) is 3. The number of carbonyl (C=O) groups excluding carboxylic acids is 2. The number of aryl methyl sites for hydroxylation is 1. The van der Waals surface area contributed by atoms with Crippen molar-refractivity contribution in [3.63, 3.8) is 0 Å². The Morgan fingerprint density at radius 1 is 1.14 bits per heavy atom. The van der Waals surface area contributed by atoms with Crippen molar-refractivity contribution >= 4 is 40.3 Å². The van der Waals surface area contributed by atoms with Crippen molar-refractivity contribution in [2.24, 2.45) is 0 Å². The van der Waals surface area contributed by atoms with Gasteiger partial charge in [-0.3, -0.25) is 4.79 Å². The van der Waals surface area contributed by atoms with Crippen molar-refractivity contribution in [2.45, 2.75) is 20.4 Å². The van der Waals surface area contributed by atoms with Gasteiger partial charge in [-0.1, -0.05) is 23.7 Å². The number of carbonyl (C=O) groups is 2. The number of allylic oxidation sites excluding steroid dienone is 1. The Morgan fingerprint density at radius 2 is 1.94 bits per heavy atom. The second-order valence-electron chi connectivity index (χ2n) is 8.13. The molecule has 0 radical (unpaired) electrons. The van der Waals surface area contributed by atoms with E-state index in [9.17, 15) is 9.59 Å². The number of nitrogens with zero attached hydrogens (tertiary/aromatic N) is 1. The summed E-state index contributed by atoms with van der Waals surface area (Å²) in [4.78, 5) is 25.8. The van der Waals surface area contributed by atoms with E-state index >= 15 is 0 Å². The van der Waals surface area contributed by atoms with Gasteiger partial charge in [-0.15, -0.1) is 0 Å². The Bertz CT molecular complexity index is 1530. The zero-order chi connectivity index (χ0) is 24.7. The molecule has 1 aliphatic heterocycles. The third-order valence-corrected chi connectivity index (χ3v) is 6.41. The molecule has 0 N–H and O–H groups in total. The van der Waals surface area contributed by atoms with Crippen molar-refractivity contribution in [1.29, 1.82) is 0 Å². The normalized spacial score (nSPS) is 13.7. The lowest BCUT2D eigenvalue weighted by molar-refractivity contribution is 0.0733. The summed E-state index contributed by atoms with van der Waals surface area (Å²) in [5, 5.41) is 1.26. The molecule has 6 nitrogen and oxygen atoms in total. The van der Waals surface area contributed by atoms with Crippen LogP contribution in [0.5, 0.6) is 17.2 Å². The smallest absolute Gasteiger partial charge is 0.345 e. The number of ketones is 1. The molecule has 0 saturated carbocycles. The molecule has 0 amide bonds. The molecule has 0 saturated heterocycles. The lowest BCUT2D eigenvalue weighted by Crippen LogP contribution is -2.10. The average Bonchev–Trinajstić information content (AvgIpc) is 3.38. The molecule has 35 heavy (non-hydrogen) atoms. The highest BCUT2D eigenvalue weighted by Crippen LogP contribution is 2.40. The van der Waals surface area contributed by atoms with E-state index in [-0.39, 0.29) is 17.1 Å². The highest BCUT2D eigenvalue weighted by atomic mass is 35.5. The predicted octanol–water partition coefficient (Wildman–Crippen LogP) is 6.47. The van der Waals surface area contributed by atoms with E-state index < -0.39 is 5.97 Å². The first kappa shape index (κ1) is 22.7. The molecule has 2 heterocycles. The number of esters is 1. The fraction of sp³-hybridized carbons (Fsp3) is 0.143. The SMILES string of the molecule is CCn1cc(C=C2Oc3c(ccc(OC(=O)c4ccccc4Cl)c3C)C2=O)c2cc(OC)ccc21. The molecule has 176 valence electrons. The van der Waals surface area contributed by atoms with Crippen molar-refractivity contribution in [2.75, 3.05) is 7.11 Å². The van der Waals surface area contributed by atoms with Crippen LogP contribution in [0.4, 0.5) is 0 Å². The molecule has 1 aliphatic rings. The number of fused-ring (bicyclic) bond motifs is 2. The van der Waals surface area contributed by atoms with Crippen LogP contribution in [-0.4, -0.2) is 23.4 Å². The van der Waals surface area contributed by atoms with Crippen LogP contribution in [-0.2, 0) is 6.54 Å². The van der Waals surface area contributed by atoms with Crippen LogP contribution in [0.3, 0.4) is 0 Å². The van der Waals surface area contributed by atoms with E-state index in [1.807, 2.05) is 24.4 Å². The summed E-state index contributed by atoms with van der Waals surface area (Å²) in [6, 6.07) is 15.7. The third kappa shape index (κ3) is 3.96. The van der Waals surface area contributed by atoms with Crippen LogP contribution in [0.15, 0.2) is 66.6 Å². The van der Waals surface area contributed by atoms with Crippen LogP contribution >= 0.6 is 11.6 Å². The van der Waals surface area contributed by atoms with E-state index in [0.29, 0.717) is 27.6 Å². The molecule has 0 bridgehead atoms. The second-order valence-corrected chi connectivity index (χ2v) is 8.54. The summed E-state index contributed by atoms with van der Waals surface area (Å²) < 4.78 is 19.1. The van der Waals surface area contributed by atoms with Gasteiger partial charge in [0.2, 0.25) is 5.78 Å². The number of Topliss-reactive ketones (excluding diaryl/α,β-unsaturated/α-hetero) is 1. The molecule has 0 fully saturated rings. The fourth-order valence-corrected chi connectivity index (χ4v) is 4.42. The number of aromatic nitrogens is 1. The van der Waals surface area contributed by atoms with E-state index in [1.54, 1.807) is 56.5 Å². The second kappa shape index (κ2) is 8.96. The van der Waals surface area contributed by atoms with E-state index in [1.165, 1.54) is 0 Å². The summed E-state index contributed by atoms with van der Waals surface area (Å²) in [5.74, 6) is 0.800. The molecular weight excluding hydrogens is 466 g/mol. The van der Waals surface area contributed by atoms with Gasteiger partial charge in [0.1, 0.15) is 17.2 Å². The summed E-state index contributed by atoms with van der Waals surface area (Å²) in [6.07, 6.45) is 3.73. The molecule has 0 aliphatic carbocycles. The van der Waals surface area contributed by atoms with Crippen LogP contribution < -0.4 is 14.2 Å². The first-order valence-electron chi connectivity index (χ1n) is 11.1. The molecule has 4 aromatic rings. The minimum absolute atomic E-state index is 0.204. The minimum Gasteiger partial charge on any atom is -0.497 e. The van der Waals surface area contributed by atoms with Gasteiger partial charge in [0.15, 0.2) is 5.76 Å². The Labute approximate surface area is 207 Å². The molecule has 3 aromatic carbocycles. The standard InChI is InChI=1S/C28H22ClNO5/c1-4-30-15-17(21-14-18(33-3)9-11-23(21)30)13-25-26(31)20-10-12-24(16(2)27(20)34-25)35-28(32)19-7-5-6-8-22(19)29/h5-15H,4H2,1-3H3. The molecular formula is C28H22ClNO5. The number of rotatable bonds is 5. The van der Waals surface area contributed by atoms with E-state index in [2.05, 4.69) is 11.5 Å². The highest BCUT2D eigenvalue weighted by molar-refractivity contribution is 6.33. The topological polar surface area (TPSA) is 66.8 Å². The summed E-state index contributed by atoms with van der Waals surface area (Å²) in [7, 11) is 1.62. The largest absolute Gasteiger partial charge is 0.497 e. The number of halogens is 1. The van der Waals surface area contributed by atoms with Gasteiger partial charge in [0, 0.05) is 34.8 Å². The summed E-state index contributed by atoms with van der Waals surface area (Å²) >= 11 is 6.12. The van der Waals surface area contributed by atoms with Crippen molar-refractivity contribution in [3.8, 4) is 17.2 Å². The Hall–Kier alpha value is -4.03. The maximum Gasteiger partial charge on any atom is 0.345 e. The first-order valence-corrected chi connectivity index (χ1v) is 11.5. The number of hydrogen-bond donors (Lipinski definition) is 0. The van der Waals surface area contributed by atoms with Gasteiger partial charge in [-0.05, 0) is 62.4 Å². The lowest BCUT2D eigenvalue weighted by Gasteiger charge is -2.10. The minimum atomic E-state index is -0.583. The molecule has 1 aromatic heterocycles. The zero-order valence-corrected chi connectivity index (χ0v) is 20.2. The number of benzene rings is 3. The third-order valence-electron chi connectivity index (χ3n) is 6.08. The number of hydrogen-bond acceptors (Lipinski definition) is 5. The Balaban J connectivity index is 1.49. The predicted molar refractivity (Wildman–Crippen MR) is 135 cm³/mol. The van der Waals surface area contributed by atoms with Gasteiger partial charge in [-0.2, -0.15) is 0 Å². The van der Waals surface area contributed by atoms with Gasteiger partial charge >= 0.3 is 5.97 Å². The maximum atomic E-state index is 13.1. The van der Waals surface area contributed by atoms with Crippen LogP contribution in [0.2, 0.25) is 5.02 Å². The summed E-state index contributed by atoms with van der Waals surface area (Å²) in [5.41, 5.74) is 3.11. The van der Waals surface area contributed by atoms with Gasteiger partial charge in [0.05, 0.1) is 23.3 Å². The number of methoxy groups -OCH3 is 1. The highest BCUT2D eigenvalue weighted by Gasteiger charge is 2.31. The van der Waals surface area contributed by atoms with Crippen LogP contribution in [0.1, 0.15) is 38.8 Å². The maximum absolute atomic E-state index is 13.1. The Morgan fingerprint density at radius 3 is 2.69 bits per heavy atom. The van der Waals surface area contributed by atoms with Crippen molar-refractivity contribution in [1.82, 2.24) is 4.57 Å². The zero-order valence-electron chi connectivity index (χ0n) is 19.4. The molecule has 0 atom stereocenters. The van der Waals surface area contributed by atoms with Crippen molar-refractivity contribution in [3.05, 3.63) is 93.8 Å². The quantitative estimate of drug-likeness (QED) is 0.183. The Kier molecular flexibility index (Phi) is 5.83. The van der Waals surface area contributed by atoms with Crippen LogP contribution in [0.25, 0.3) is 17.0 Å². The first-order chi connectivity index (χ1) is 16.9. The fourth-order valence-electron chi connectivity index (χ4n) is 4.21. The van der Waals surface area contributed by atoms with Gasteiger partial charge in [-0.25, -0.2) is 4.79 Å². The summed E-state index contributed by atoms with van der Waals surface area (Å²) in [6.45, 7) is 4.58. The van der Waals surface area contributed by atoms with Gasteiger partial charge in [0.25, 0.3) is 0 Å². The monoisotopic (exact) mass is 487 g/mol.